The van der Waals surface area contributed by atoms with E-state index in [1.807, 2.05) is 0 Å². The maximum absolute atomic E-state index is 12.9. The molecule has 1 unspecified atom stereocenters. The number of nitrogens with two attached hydrogens (primary N) is 1. The van der Waals surface area contributed by atoms with Crippen molar-refractivity contribution in [2.45, 2.75) is 19.0 Å². The average Bonchev–Trinajstić information content (AvgIpc) is 1.54. The summed E-state index contributed by atoms with van der Waals surface area (Å²) in [5.41, 5.74) is 3.89. The summed E-state index contributed by atoms with van der Waals surface area (Å²) >= 11 is 0. The van der Waals surface area contributed by atoms with Gasteiger partial charge in [0.2, 0.25) is 0 Å². The molecule has 0 saturated carbocycles. The van der Waals surface area contributed by atoms with Crippen LogP contribution in [0.5, 0.6) is 0 Å². The van der Waals surface area contributed by atoms with Crippen LogP contribution in [-0.2, 0) is 0 Å². The molecule has 0 aromatic rings. The van der Waals surface area contributed by atoms with E-state index < -0.39 is 11.5 Å². The molecule has 1 aliphatic carbocycles. The molecule has 1 atom stereocenters. The number of allylic oxidation sites excluding steroid dienone is 4. The van der Waals surface area contributed by atoms with Crippen LogP contribution in [0.25, 0.3) is 0 Å². The summed E-state index contributed by atoms with van der Waals surface area (Å²) in [7, 11) is 0. The van der Waals surface area contributed by atoms with E-state index in [-0.39, 0.29) is 12.1 Å². The second kappa shape index (κ2) is 2.08. The molecule has 1 aliphatic rings. The van der Waals surface area contributed by atoms with E-state index in [1.165, 1.54) is 6.92 Å². The Balaban J connectivity index is 2.88. The third kappa shape index (κ3) is 1.56. The van der Waals surface area contributed by atoms with Gasteiger partial charge in [0.1, 0.15) is 11.5 Å². The standard InChI is InChI=1S/C7H9F2N/c1-7(9)3-5(8)2-6(10)4-7/h2-3H,4,10H2,1H3. The maximum atomic E-state index is 12.9. The van der Waals surface area contributed by atoms with E-state index in [1.54, 1.807) is 0 Å². The van der Waals surface area contributed by atoms with E-state index in [0.717, 1.165) is 12.2 Å². The molecule has 0 aliphatic heterocycles. The number of halogens is 2. The van der Waals surface area contributed by atoms with E-state index in [0.29, 0.717) is 0 Å². The minimum Gasteiger partial charge on any atom is -0.402 e. The van der Waals surface area contributed by atoms with Gasteiger partial charge in [-0.25, -0.2) is 8.78 Å². The van der Waals surface area contributed by atoms with Gasteiger partial charge in [0.15, 0.2) is 0 Å². The van der Waals surface area contributed by atoms with E-state index in [9.17, 15) is 8.78 Å². The van der Waals surface area contributed by atoms with E-state index in [4.69, 9.17) is 5.73 Å². The predicted octanol–water partition coefficient (Wildman–Crippen LogP) is 1.81. The van der Waals surface area contributed by atoms with Crippen LogP contribution in [0, 0.1) is 0 Å². The molecule has 0 aromatic carbocycles. The van der Waals surface area contributed by atoms with Crippen molar-refractivity contribution < 1.29 is 8.78 Å². The van der Waals surface area contributed by atoms with Crippen molar-refractivity contribution in [3.05, 3.63) is 23.7 Å². The molecule has 56 valence electrons. The molecular weight excluding hydrogens is 136 g/mol. The van der Waals surface area contributed by atoms with Gasteiger partial charge in [-0.15, -0.1) is 0 Å². The molecule has 0 amide bonds. The van der Waals surface area contributed by atoms with Crippen molar-refractivity contribution >= 4 is 0 Å². The summed E-state index contributed by atoms with van der Waals surface area (Å²) in [5.74, 6) is -0.589. The monoisotopic (exact) mass is 145 g/mol. The van der Waals surface area contributed by atoms with Gasteiger partial charge < -0.3 is 5.73 Å². The van der Waals surface area contributed by atoms with Gasteiger partial charge in [-0.2, -0.15) is 0 Å². The van der Waals surface area contributed by atoms with Crippen molar-refractivity contribution in [2.75, 3.05) is 0 Å². The summed E-state index contributed by atoms with van der Waals surface area (Å²) in [6, 6.07) is 0. The van der Waals surface area contributed by atoms with Crippen LogP contribution in [0.4, 0.5) is 8.78 Å². The first-order valence-corrected chi connectivity index (χ1v) is 3.03. The molecule has 1 nitrogen and oxygen atoms in total. The van der Waals surface area contributed by atoms with Crippen molar-refractivity contribution in [3.63, 3.8) is 0 Å². The van der Waals surface area contributed by atoms with Crippen molar-refractivity contribution in [3.8, 4) is 0 Å². The van der Waals surface area contributed by atoms with Gasteiger partial charge in [0.25, 0.3) is 0 Å². The molecule has 2 N–H and O–H groups in total. The Hall–Kier alpha value is -0.860. The predicted molar refractivity (Wildman–Crippen MR) is 35.6 cm³/mol. The van der Waals surface area contributed by atoms with E-state index in [2.05, 4.69) is 0 Å². The highest BCUT2D eigenvalue weighted by Gasteiger charge is 2.25. The van der Waals surface area contributed by atoms with Crippen LogP contribution in [0.3, 0.4) is 0 Å². The lowest BCUT2D eigenvalue weighted by Gasteiger charge is -2.19. The fourth-order valence-electron chi connectivity index (χ4n) is 1.01. The summed E-state index contributed by atoms with van der Waals surface area (Å²) in [6.07, 6.45) is 2.16. The van der Waals surface area contributed by atoms with Gasteiger partial charge in [0, 0.05) is 12.1 Å². The zero-order valence-electron chi connectivity index (χ0n) is 5.70. The number of hydrogen-bond donors (Lipinski definition) is 1. The smallest absolute Gasteiger partial charge is 0.134 e. The maximum Gasteiger partial charge on any atom is 0.134 e. The zero-order chi connectivity index (χ0) is 7.78. The molecule has 10 heavy (non-hydrogen) atoms. The van der Waals surface area contributed by atoms with Crippen LogP contribution in [-0.4, -0.2) is 5.67 Å². The van der Waals surface area contributed by atoms with E-state index >= 15 is 0 Å². The molecule has 0 saturated heterocycles. The highest BCUT2D eigenvalue weighted by atomic mass is 19.1. The first-order valence-electron chi connectivity index (χ1n) is 3.03. The Morgan fingerprint density at radius 1 is 1.70 bits per heavy atom. The van der Waals surface area contributed by atoms with Gasteiger partial charge in [-0.05, 0) is 19.1 Å². The third-order valence-corrected chi connectivity index (χ3v) is 1.31. The summed E-state index contributed by atoms with van der Waals surface area (Å²) in [4.78, 5) is 0. The fraction of sp³-hybridized carbons (Fsp3) is 0.429. The highest BCUT2D eigenvalue weighted by molar-refractivity contribution is 5.27. The molecule has 3 heteroatoms. The Bertz CT molecular complexity index is 204. The average molecular weight is 145 g/mol. The SMILES string of the molecule is CC1(F)C=C(F)C=C(N)C1. The molecule has 0 heterocycles. The summed E-state index contributed by atoms with van der Waals surface area (Å²) < 4.78 is 25.3. The number of rotatable bonds is 0. The second-order valence-electron chi connectivity index (χ2n) is 2.70. The second-order valence-corrected chi connectivity index (χ2v) is 2.70. The molecule has 0 radical (unpaired) electrons. The van der Waals surface area contributed by atoms with Crippen LogP contribution in [0.2, 0.25) is 0 Å². The van der Waals surface area contributed by atoms with Gasteiger partial charge >= 0.3 is 0 Å². The topological polar surface area (TPSA) is 26.0 Å². The first kappa shape index (κ1) is 7.25. The zero-order valence-corrected chi connectivity index (χ0v) is 5.70. The minimum atomic E-state index is -1.61. The minimum absolute atomic E-state index is 0.0837. The first-order chi connectivity index (χ1) is 4.49. The lowest BCUT2D eigenvalue weighted by Crippen LogP contribution is -2.21. The number of hydrogen-bond acceptors (Lipinski definition) is 1. The quantitative estimate of drug-likeness (QED) is 0.552. The normalized spacial score (nSPS) is 33.1. The molecule has 1 rings (SSSR count). The fourth-order valence-corrected chi connectivity index (χ4v) is 1.01. The Morgan fingerprint density at radius 3 is 2.70 bits per heavy atom. The lowest BCUT2D eigenvalue weighted by atomic mass is 9.97. The van der Waals surface area contributed by atoms with Gasteiger partial charge in [0.05, 0.1) is 0 Å². The van der Waals surface area contributed by atoms with Crippen molar-refractivity contribution in [1.82, 2.24) is 0 Å². The van der Waals surface area contributed by atoms with Crippen LogP contribution >= 0.6 is 0 Å². The molecular formula is C7H9F2N. The summed E-state index contributed by atoms with van der Waals surface area (Å²) in [5, 5.41) is 0. The lowest BCUT2D eigenvalue weighted by molar-refractivity contribution is 0.248. The highest BCUT2D eigenvalue weighted by Crippen LogP contribution is 2.27. The molecule has 0 fully saturated rings. The molecule has 0 spiro atoms. The summed E-state index contributed by atoms with van der Waals surface area (Å²) in [6.45, 7) is 1.30. The largest absolute Gasteiger partial charge is 0.402 e. The molecule has 0 aromatic heterocycles. The van der Waals surface area contributed by atoms with Gasteiger partial charge in [-0.1, -0.05) is 0 Å². The third-order valence-electron chi connectivity index (χ3n) is 1.31. The van der Waals surface area contributed by atoms with Crippen molar-refractivity contribution in [1.29, 1.82) is 0 Å². The molecule has 0 bridgehead atoms. The Morgan fingerprint density at radius 2 is 2.30 bits per heavy atom. The Labute approximate surface area is 58.2 Å². The van der Waals surface area contributed by atoms with Gasteiger partial charge in [-0.3, -0.25) is 0 Å². The van der Waals surface area contributed by atoms with Crippen LogP contribution in [0.15, 0.2) is 23.7 Å². The van der Waals surface area contributed by atoms with Crippen LogP contribution in [0.1, 0.15) is 13.3 Å². The van der Waals surface area contributed by atoms with Crippen LogP contribution < -0.4 is 5.73 Å². The Kier molecular flexibility index (Phi) is 1.50. The number of alkyl halides is 1. The van der Waals surface area contributed by atoms with Crippen molar-refractivity contribution in [2.24, 2.45) is 5.73 Å².